The van der Waals surface area contributed by atoms with Gasteiger partial charge < -0.3 is 14.8 Å². The molecule has 0 saturated carbocycles. The van der Waals surface area contributed by atoms with E-state index in [1.807, 2.05) is 30.3 Å². The lowest BCUT2D eigenvalue weighted by Gasteiger charge is -2.23. The van der Waals surface area contributed by atoms with E-state index in [2.05, 4.69) is 5.32 Å². The molecule has 4 nitrogen and oxygen atoms in total. The van der Waals surface area contributed by atoms with Crippen molar-refractivity contribution in [1.82, 2.24) is 5.32 Å². The van der Waals surface area contributed by atoms with Gasteiger partial charge in [-0.2, -0.15) is 0 Å². The smallest absolute Gasteiger partial charge is 0.244 e. The van der Waals surface area contributed by atoms with E-state index in [1.54, 1.807) is 31.6 Å². The van der Waals surface area contributed by atoms with Crippen molar-refractivity contribution in [3.8, 4) is 0 Å². The summed E-state index contributed by atoms with van der Waals surface area (Å²) in [5.41, 5.74) is 1.06. The van der Waals surface area contributed by atoms with Gasteiger partial charge in [-0.15, -0.1) is 0 Å². The summed E-state index contributed by atoms with van der Waals surface area (Å²) in [7, 11) is 0. The lowest BCUT2D eigenvalue weighted by atomic mass is 9.97. The van der Waals surface area contributed by atoms with Crippen LogP contribution in [-0.2, 0) is 11.2 Å². The van der Waals surface area contributed by atoms with Crippen molar-refractivity contribution in [2.24, 2.45) is 0 Å². The molecule has 1 heterocycles. The van der Waals surface area contributed by atoms with E-state index in [1.165, 1.54) is 11.6 Å². The number of aryl methyl sites for hydroxylation is 1. The van der Waals surface area contributed by atoms with Crippen LogP contribution >= 0.6 is 0 Å². The van der Waals surface area contributed by atoms with Gasteiger partial charge in [-0.3, -0.25) is 4.79 Å². The first kappa shape index (κ1) is 16.0. The molecule has 116 valence electrons. The van der Waals surface area contributed by atoms with E-state index < -0.39 is 5.60 Å². The Labute approximate surface area is 130 Å². The minimum absolute atomic E-state index is 0.217. The minimum atomic E-state index is -0.936. The van der Waals surface area contributed by atoms with Crippen LogP contribution < -0.4 is 5.32 Å². The highest BCUT2D eigenvalue weighted by Gasteiger charge is 2.20. The maximum absolute atomic E-state index is 11.7. The summed E-state index contributed by atoms with van der Waals surface area (Å²) >= 11 is 0. The van der Waals surface area contributed by atoms with Crippen LogP contribution in [0.25, 0.3) is 6.08 Å². The van der Waals surface area contributed by atoms with E-state index in [4.69, 9.17) is 4.42 Å². The Hall–Kier alpha value is -2.33. The summed E-state index contributed by atoms with van der Waals surface area (Å²) in [6.07, 6.45) is 7.55. The van der Waals surface area contributed by atoms with Gasteiger partial charge in [-0.1, -0.05) is 30.3 Å². The predicted molar refractivity (Wildman–Crippen MR) is 86.1 cm³/mol. The fraction of sp³-hybridized carbons (Fsp3) is 0.278. The molecule has 0 radical (unpaired) electrons. The molecule has 4 heteroatoms. The summed E-state index contributed by atoms with van der Waals surface area (Å²) in [4.78, 5) is 11.7. The Bertz CT molecular complexity index is 601. The van der Waals surface area contributed by atoms with Crippen molar-refractivity contribution in [2.45, 2.75) is 25.4 Å². The second-order valence-corrected chi connectivity index (χ2v) is 5.59. The fourth-order valence-corrected chi connectivity index (χ4v) is 2.02. The second-order valence-electron chi connectivity index (χ2n) is 5.59. The highest BCUT2D eigenvalue weighted by molar-refractivity contribution is 5.91. The summed E-state index contributed by atoms with van der Waals surface area (Å²) in [5.74, 6) is -0.235. The molecule has 22 heavy (non-hydrogen) atoms. The van der Waals surface area contributed by atoms with E-state index in [0.717, 1.165) is 12.0 Å². The number of nitrogens with one attached hydrogen (secondary N) is 1. The summed E-state index contributed by atoms with van der Waals surface area (Å²) in [6.45, 7) is 1.95. The number of amides is 1. The van der Waals surface area contributed by atoms with Gasteiger partial charge in [0.1, 0.15) is 0 Å². The highest BCUT2D eigenvalue weighted by atomic mass is 16.3. The molecular formula is C18H21NO3. The molecule has 1 aromatic carbocycles. The standard InChI is InChI=1S/C18H21NO3/c1-18(21,11-9-15-5-3-2-4-6-15)14-19-17(20)8-7-16-10-12-22-13-16/h2-8,10,12-13,21H,9,11,14H2,1H3,(H,19,20)/b8-7+/t18-/m1/s1. The summed E-state index contributed by atoms with van der Waals surface area (Å²) < 4.78 is 4.91. The number of carbonyl (C=O) groups excluding carboxylic acids is 1. The number of furan rings is 1. The van der Waals surface area contributed by atoms with Crippen molar-refractivity contribution < 1.29 is 14.3 Å². The first-order valence-corrected chi connectivity index (χ1v) is 7.30. The van der Waals surface area contributed by atoms with Gasteiger partial charge in [0.2, 0.25) is 5.91 Å². The van der Waals surface area contributed by atoms with Gasteiger partial charge in [0, 0.05) is 18.2 Å². The van der Waals surface area contributed by atoms with Crippen LogP contribution in [0.3, 0.4) is 0 Å². The van der Waals surface area contributed by atoms with Crippen LogP contribution in [0.5, 0.6) is 0 Å². The fourth-order valence-electron chi connectivity index (χ4n) is 2.02. The third-order valence-electron chi connectivity index (χ3n) is 3.41. The number of aliphatic hydroxyl groups is 1. The molecule has 2 N–H and O–H groups in total. The Morgan fingerprint density at radius 1 is 1.32 bits per heavy atom. The molecule has 0 aliphatic rings. The van der Waals surface area contributed by atoms with E-state index in [0.29, 0.717) is 6.42 Å². The van der Waals surface area contributed by atoms with Crippen LogP contribution in [0, 0.1) is 0 Å². The molecule has 1 amide bonds. The molecule has 0 aliphatic heterocycles. The number of benzene rings is 1. The predicted octanol–water partition coefficient (Wildman–Crippen LogP) is 2.79. The van der Waals surface area contributed by atoms with E-state index in [-0.39, 0.29) is 12.5 Å². The lowest BCUT2D eigenvalue weighted by molar-refractivity contribution is -0.117. The molecule has 2 rings (SSSR count). The number of rotatable bonds is 7. The van der Waals surface area contributed by atoms with Gasteiger partial charge in [-0.05, 0) is 37.5 Å². The third kappa shape index (κ3) is 5.58. The molecule has 1 aromatic heterocycles. The second kappa shape index (κ2) is 7.61. The maximum atomic E-state index is 11.7. The monoisotopic (exact) mass is 299 g/mol. The molecular weight excluding hydrogens is 278 g/mol. The zero-order chi connectivity index (χ0) is 15.8. The number of hydrogen-bond donors (Lipinski definition) is 2. The van der Waals surface area contributed by atoms with Crippen molar-refractivity contribution in [1.29, 1.82) is 0 Å². The average Bonchev–Trinajstić information content (AvgIpc) is 3.04. The Morgan fingerprint density at radius 3 is 2.77 bits per heavy atom. The van der Waals surface area contributed by atoms with Gasteiger partial charge >= 0.3 is 0 Å². The van der Waals surface area contributed by atoms with E-state index >= 15 is 0 Å². The van der Waals surface area contributed by atoms with Crippen molar-refractivity contribution in [3.05, 3.63) is 66.1 Å². The van der Waals surface area contributed by atoms with Crippen LogP contribution in [0.1, 0.15) is 24.5 Å². The van der Waals surface area contributed by atoms with Crippen LogP contribution in [0.15, 0.2) is 59.4 Å². The maximum Gasteiger partial charge on any atom is 0.244 e. The van der Waals surface area contributed by atoms with Crippen molar-refractivity contribution in [2.75, 3.05) is 6.54 Å². The Morgan fingerprint density at radius 2 is 2.09 bits per heavy atom. The third-order valence-corrected chi connectivity index (χ3v) is 3.41. The molecule has 0 saturated heterocycles. The van der Waals surface area contributed by atoms with Gasteiger partial charge in [-0.25, -0.2) is 0 Å². The SMILES string of the molecule is C[C@@](O)(CCc1ccccc1)CNC(=O)/C=C/c1ccoc1. The quantitative estimate of drug-likeness (QED) is 0.773. The molecule has 2 aromatic rings. The zero-order valence-electron chi connectivity index (χ0n) is 12.7. The van der Waals surface area contributed by atoms with Crippen LogP contribution in [-0.4, -0.2) is 23.2 Å². The average molecular weight is 299 g/mol. The minimum Gasteiger partial charge on any atom is -0.472 e. The van der Waals surface area contributed by atoms with E-state index in [9.17, 15) is 9.90 Å². The van der Waals surface area contributed by atoms with Crippen LogP contribution in [0.2, 0.25) is 0 Å². The largest absolute Gasteiger partial charge is 0.472 e. The molecule has 0 bridgehead atoms. The van der Waals surface area contributed by atoms with Gasteiger partial charge in [0.25, 0.3) is 0 Å². The van der Waals surface area contributed by atoms with Gasteiger partial charge in [0.05, 0.1) is 18.1 Å². The Kier molecular flexibility index (Phi) is 5.55. The highest BCUT2D eigenvalue weighted by Crippen LogP contribution is 2.13. The summed E-state index contributed by atoms with van der Waals surface area (Å²) in [6, 6.07) is 11.7. The number of carbonyl (C=O) groups is 1. The van der Waals surface area contributed by atoms with Crippen molar-refractivity contribution >= 4 is 12.0 Å². The van der Waals surface area contributed by atoms with Gasteiger partial charge in [0.15, 0.2) is 0 Å². The Balaban J connectivity index is 1.75. The zero-order valence-corrected chi connectivity index (χ0v) is 12.7. The molecule has 0 aliphatic carbocycles. The molecule has 0 unspecified atom stereocenters. The number of hydrogen-bond acceptors (Lipinski definition) is 3. The van der Waals surface area contributed by atoms with Crippen molar-refractivity contribution in [3.63, 3.8) is 0 Å². The first-order valence-electron chi connectivity index (χ1n) is 7.30. The molecule has 0 spiro atoms. The normalized spacial score (nSPS) is 13.9. The first-order chi connectivity index (χ1) is 10.6. The summed E-state index contributed by atoms with van der Waals surface area (Å²) in [5, 5.41) is 13.0. The molecule has 0 fully saturated rings. The molecule has 1 atom stereocenters. The topological polar surface area (TPSA) is 62.5 Å². The van der Waals surface area contributed by atoms with Crippen LogP contribution in [0.4, 0.5) is 0 Å². The lowest BCUT2D eigenvalue weighted by Crippen LogP contribution is -2.40.